The summed E-state index contributed by atoms with van der Waals surface area (Å²) in [5.41, 5.74) is 5.49. The van der Waals surface area contributed by atoms with Gasteiger partial charge in [0.15, 0.2) is 5.58 Å². The number of nitrogens with zero attached hydrogens (tertiary/aromatic N) is 3. The molecule has 1 saturated heterocycles. The number of imide groups is 1. The first-order valence-electron chi connectivity index (χ1n) is 13.4. The van der Waals surface area contributed by atoms with E-state index >= 15 is 0 Å². The first-order valence-corrected chi connectivity index (χ1v) is 14.8. The monoisotopic (exact) mass is 559 g/mol. The number of oxazole rings is 1. The number of amides is 2. The molecule has 0 radical (unpaired) electrons. The van der Waals surface area contributed by atoms with Gasteiger partial charge in [0.25, 0.3) is 5.91 Å². The Morgan fingerprint density at radius 1 is 1.00 bits per heavy atom. The number of para-hydroxylation sites is 2. The Hall–Kier alpha value is -3.82. The molecule has 2 amide bonds. The largest absolute Gasteiger partial charge is 0.436 e. The highest BCUT2D eigenvalue weighted by Crippen LogP contribution is 2.36. The molecule has 208 valence electrons. The fourth-order valence-corrected chi connectivity index (χ4v) is 7.83. The van der Waals surface area contributed by atoms with Crippen LogP contribution in [-0.4, -0.2) is 41.6 Å². The second-order valence-corrected chi connectivity index (χ2v) is 12.3. The Balaban J connectivity index is 1.50. The van der Waals surface area contributed by atoms with E-state index in [9.17, 15) is 18.0 Å². The van der Waals surface area contributed by atoms with E-state index < -0.39 is 33.9 Å². The number of aryl methyl sites for hydroxylation is 2. The van der Waals surface area contributed by atoms with Gasteiger partial charge in [-0.15, -0.1) is 0 Å². The van der Waals surface area contributed by atoms with Crippen molar-refractivity contribution in [3.05, 3.63) is 76.9 Å². The van der Waals surface area contributed by atoms with Crippen LogP contribution in [0.2, 0.25) is 0 Å². The predicted molar refractivity (Wildman–Crippen MR) is 155 cm³/mol. The lowest BCUT2D eigenvalue weighted by Gasteiger charge is -2.33. The van der Waals surface area contributed by atoms with E-state index in [-0.39, 0.29) is 11.3 Å². The van der Waals surface area contributed by atoms with Crippen molar-refractivity contribution in [2.45, 2.75) is 71.4 Å². The van der Waals surface area contributed by atoms with Crippen LogP contribution in [0.1, 0.15) is 48.9 Å². The molecule has 2 atom stereocenters. The molecule has 2 heterocycles. The summed E-state index contributed by atoms with van der Waals surface area (Å²) in [4.78, 5) is 32.8. The number of benzene rings is 3. The number of carbonyl (C=O) groups is 2. The third-order valence-electron chi connectivity index (χ3n) is 7.95. The summed E-state index contributed by atoms with van der Waals surface area (Å²) in [6.07, 6.45) is 0.261. The summed E-state index contributed by atoms with van der Waals surface area (Å²) in [5.74, 6) is -0.567. The summed E-state index contributed by atoms with van der Waals surface area (Å²) in [7, 11) is -4.11. The van der Waals surface area contributed by atoms with Crippen molar-refractivity contribution in [2.75, 3.05) is 4.90 Å². The zero-order valence-corrected chi connectivity index (χ0v) is 24.4. The van der Waals surface area contributed by atoms with E-state index in [1.807, 2.05) is 51.1 Å². The van der Waals surface area contributed by atoms with Gasteiger partial charge in [-0.2, -0.15) is 4.31 Å². The average Bonchev–Trinajstić information content (AvgIpc) is 3.48. The van der Waals surface area contributed by atoms with Crippen LogP contribution in [0.15, 0.2) is 63.9 Å². The van der Waals surface area contributed by atoms with E-state index in [2.05, 4.69) is 4.98 Å². The molecule has 0 bridgehead atoms. The maximum atomic E-state index is 14.3. The first kappa shape index (κ1) is 27.7. The maximum Gasteiger partial charge on any atom is 0.252 e. The van der Waals surface area contributed by atoms with Crippen LogP contribution in [0.5, 0.6) is 0 Å². The van der Waals surface area contributed by atoms with Gasteiger partial charge in [-0.3, -0.25) is 9.59 Å². The first-order chi connectivity index (χ1) is 18.9. The lowest BCUT2D eigenvalue weighted by Crippen LogP contribution is -2.49. The van der Waals surface area contributed by atoms with Crippen molar-refractivity contribution in [3.8, 4) is 11.5 Å². The Labute approximate surface area is 234 Å². The average molecular weight is 560 g/mol. The van der Waals surface area contributed by atoms with Crippen LogP contribution < -0.4 is 4.90 Å². The summed E-state index contributed by atoms with van der Waals surface area (Å²) >= 11 is 0. The highest BCUT2D eigenvalue weighted by atomic mass is 32.2. The summed E-state index contributed by atoms with van der Waals surface area (Å²) in [6, 6.07) is 14.6. The third-order valence-corrected chi connectivity index (χ3v) is 10.3. The fraction of sp³-hybridized carbons (Fsp3) is 0.323. The highest BCUT2D eigenvalue weighted by Gasteiger charge is 2.49. The molecule has 0 aliphatic carbocycles. The van der Waals surface area contributed by atoms with Crippen molar-refractivity contribution >= 4 is 38.6 Å². The van der Waals surface area contributed by atoms with Crippen molar-refractivity contribution in [1.82, 2.24) is 9.29 Å². The molecule has 2 unspecified atom stereocenters. The van der Waals surface area contributed by atoms with Crippen LogP contribution >= 0.6 is 0 Å². The van der Waals surface area contributed by atoms with Gasteiger partial charge in [-0.1, -0.05) is 25.1 Å². The van der Waals surface area contributed by atoms with E-state index in [1.54, 1.807) is 45.0 Å². The van der Waals surface area contributed by atoms with Gasteiger partial charge < -0.3 is 4.42 Å². The molecular weight excluding hydrogens is 526 g/mol. The zero-order valence-electron chi connectivity index (χ0n) is 23.6. The highest BCUT2D eigenvalue weighted by molar-refractivity contribution is 7.89. The fourth-order valence-electron chi connectivity index (χ4n) is 5.40. The van der Waals surface area contributed by atoms with Gasteiger partial charge >= 0.3 is 0 Å². The summed E-state index contributed by atoms with van der Waals surface area (Å²) in [6.45, 7) is 11.0. The Bertz CT molecular complexity index is 1680. The lowest BCUT2D eigenvalue weighted by molar-refractivity contribution is -0.122. The Morgan fingerprint density at radius 2 is 1.62 bits per heavy atom. The zero-order chi connectivity index (χ0) is 28.9. The second kappa shape index (κ2) is 10.3. The van der Waals surface area contributed by atoms with Crippen molar-refractivity contribution in [3.63, 3.8) is 0 Å². The third kappa shape index (κ3) is 4.53. The van der Waals surface area contributed by atoms with Crippen LogP contribution in [0.3, 0.4) is 0 Å². The number of carbonyl (C=O) groups excluding carboxylic acids is 2. The van der Waals surface area contributed by atoms with E-state index in [1.165, 1.54) is 4.31 Å². The molecule has 1 aromatic heterocycles. The number of anilines is 1. The minimum atomic E-state index is -4.11. The van der Waals surface area contributed by atoms with Crippen molar-refractivity contribution in [2.24, 2.45) is 0 Å². The smallest absolute Gasteiger partial charge is 0.252 e. The Kier molecular flexibility index (Phi) is 7.14. The van der Waals surface area contributed by atoms with E-state index in [0.29, 0.717) is 40.3 Å². The van der Waals surface area contributed by atoms with Gasteiger partial charge in [0.2, 0.25) is 21.8 Å². The molecule has 0 N–H and O–H groups in total. The molecule has 1 aliphatic heterocycles. The summed E-state index contributed by atoms with van der Waals surface area (Å²) < 4.78 is 35.6. The molecule has 9 heteroatoms. The maximum absolute atomic E-state index is 14.3. The number of aromatic nitrogens is 1. The standard InChI is InChI=1S/C31H33N3O5S/c1-7-20(4)34(40(37,38)29-21(5)18(2)16-19(3)22(29)6)26-17-28(35)33(31(26)36)24-14-12-23(13-15-24)30-32-25-10-8-9-11-27(25)39-30/h8-16,20,26H,7,17H2,1-6H3. The van der Waals surface area contributed by atoms with Gasteiger partial charge in [0.1, 0.15) is 11.6 Å². The predicted octanol–water partition coefficient (Wildman–Crippen LogP) is 5.85. The molecule has 5 rings (SSSR count). The van der Waals surface area contributed by atoms with Crippen LogP contribution in [0.4, 0.5) is 5.69 Å². The molecule has 3 aromatic carbocycles. The van der Waals surface area contributed by atoms with Crippen molar-refractivity contribution in [1.29, 1.82) is 0 Å². The van der Waals surface area contributed by atoms with Crippen molar-refractivity contribution < 1.29 is 22.4 Å². The van der Waals surface area contributed by atoms with Gasteiger partial charge in [0, 0.05) is 11.6 Å². The molecule has 40 heavy (non-hydrogen) atoms. The molecule has 1 aliphatic rings. The number of hydrogen-bond acceptors (Lipinski definition) is 6. The molecule has 1 fully saturated rings. The number of rotatable bonds is 7. The van der Waals surface area contributed by atoms with Crippen LogP contribution in [0, 0.1) is 27.7 Å². The number of fused-ring (bicyclic) bond motifs is 1. The van der Waals surface area contributed by atoms with E-state index in [4.69, 9.17) is 4.42 Å². The van der Waals surface area contributed by atoms with Gasteiger partial charge in [0.05, 0.1) is 17.0 Å². The minimum absolute atomic E-state index is 0.215. The van der Waals surface area contributed by atoms with Crippen LogP contribution in [0.25, 0.3) is 22.6 Å². The normalized spacial score (nSPS) is 16.9. The van der Waals surface area contributed by atoms with Gasteiger partial charge in [-0.25, -0.2) is 18.3 Å². The minimum Gasteiger partial charge on any atom is -0.436 e. The topological polar surface area (TPSA) is 101 Å². The molecule has 4 aromatic rings. The van der Waals surface area contributed by atoms with Gasteiger partial charge in [-0.05, 0) is 99.7 Å². The molecule has 0 saturated carbocycles. The number of hydrogen-bond donors (Lipinski definition) is 0. The van der Waals surface area contributed by atoms with E-state index in [0.717, 1.165) is 21.5 Å². The number of sulfonamides is 1. The second-order valence-electron chi connectivity index (χ2n) is 10.5. The molecule has 8 nitrogen and oxygen atoms in total. The summed E-state index contributed by atoms with van der Waals surface area (Å²) in [5, 5.41) is 0. The lowest BCUT2D eigenvalue weighted by atomic mass is 10.0. The quantitative estimate of drug-likeness (QED) is 0.263. The SMILES string of the molecule is CCC(C)N(C1CC(=O)N(c2ccc(-c3nc4ccccc4o3)cc2)C1=O)S(=O)(=O)c1c(C)c(C)cc(C)c1C. The molecular formula is C31H33N3O5S. The Morgan fingerprint density at radius 3 is 2.23 bits per heavy atom. The molecule has 0 spiro atoms. The van der Waals surface area contributed by atoms with Crippen LogP contribution in [-0.2, 0) is 19.6 Å².